The van der Waals surface area contributed by atoms with Gasteiger partial charge in [-0.3, -0.25) is 9.11 Å². The first kappa shape index (κ1) is 19.8. The second kappa shape index (κ2) is 8.40. The number of nitrogens with one attached hydrogen (secondary N) is 2. The summed E-state index contributed by atoms with van der Waals surface area (Å²) in [5.74, 6) is -0.235. The number of hydrogen-bond acceptors (Lipinski definition) is 3. The zero-order valence-electron chi connectivity index (χ0n) is 15.8. The van der Waals surface area contributed by atoms with E-state index in [1.165, 1.54) is 23.3 Å². The Hall–Kier alpha value is -1.92. The quantitative estimate of drug-likeness (QED) is 0.716. The van der Waals surface area contributed by atoms with Gasteiger partial charge in [0.05, 0.1) is 11.6 Å². The van der Waals surface area contributed by atoms with Gasteiger partial charge in [-0.1, -0.05) is 32.0 Å². The highest BCUT2D eigenvalue weighted by Crippen LogP contribution is 2.27. The van der Waals surface area contributed by atoms with Crippen LogP contribution in [0.25, 0.3) is 0 Å². The van der Waals surface area contributed by atoms with Crippen LogP contribution in [0.5, 0.6) is 0 Å². The summed E-state index contributed by atoms with van der Waals surface area (Å²) in [6, 6.07) is 12.6. The minimum absolute atomic E-state index is 0.181. The fourth-order valence-electron chi connectivity index (χ4n) is 3.45. The Morgan fingerprint density at radius 3 is 2.48 bits per heavy atom. The molecular formula is C21H27FN2O2S. The Morgan fingerprint density at radius 1 is 1.11 bits per heavy atom. The summed E-state index contributed by atoms with van der Waals surface area (Å²) in [5, 5.41) is 3.53. The van der Waals surface area contributed by atoms with Crippen molar-refractivity contribution in [3.05, 3.63) is 59.2 Å². The summed E-state index contributed by atoms with van der Waals surface area (Å²) in [7, 11) is -3.67. The molecule has 3 rings (SSSR count). The largest absolute Gasteiger partial charge is 0.313 e. The van der Waals surface area contributed by atoms with E-state index < -0.39 is 16.7 Å². The smallest absolute Gasteiger partial charge is 0.261 e. The lowest BCUT2D eigenvalue weighted by Gasteiger charge is -2.11. The minimum Gasteiger partial charge on any atom is -0.313 e. The van der Waals surface area contributed by atoms with Crippen molar-refractivity contribution in [1.29, 1.82) is 0 Å². The SMILES string of the molecule is CCCNC1Cc2ccc(NS(=O)(=O)c3ccc(C(C)CF)cc3)cc2C1. The van der Waals surface area contributed by atoms with Gasteiger partial charge in [0.25, 0.3) is 10.0 Å². The number of sulfonamides is 1. The van der Waals surface area contributed by atoms with E-state index >= 15 is 0 Å². The van der Waals surface area contributed by atoms with Gasteiger partial charge in [0, 0.05) is 17.6 Å². The molecular weight excluding hydrogens is 363 g/mol. The molecule has 0 aromatic heterocycles. The van der Waals surface area contributed by atoms with Crippen molar-refractivity contribution < 1.29 is 12.8 Å². The first-order valence-electron chi connectivity index (χ1n) is 9.47. The monoisotopic (exact) mass is 390 g/mol. The molecule has 0 fully saturated rings. The van der Waals surface area contributed by atoms with E-state index in [1.54, 1.807) is 19.1 Å². The third-order valence-electron chi connectivity index (χ3n) is 5.07. The van der Waals surface area contributed by atoms with Gasteiger partial charge >= 0.3 is 0 Å². The highest BCUT2D eigenvalue weighted by molar-refractivity contribution is 7.92. The Kier molecular flexibility index (Phi) is 6.17. The van der Waals surface area contributed by atoms with Crippen LogP contribution in [0, 0.1) is 0 Å². The molecule has 1 aliphatic carbocycles. The molecule has 2 aromatic carbocycles. The van der Waals surface area contributed by atoms with Gasteiger partial charge < -0.3 is 5.32 Å². The predicted octanol–water partition coefficient (Wildman–Crippen LogP) is 4.03. The van der Waals surface area contributed by atoms with Crippen LogP contribution in [-0.2, 0) is 22.9 Å². The average Bonchev–Trinajstić information content (AvgIpc) is 3.07. The highest BCUT2D eigenvalue weighted by atomic mass is 32.2. The molecule has 0 saturated heterocycles. The fourth-order valence-corrected chi connectivity index (χ4v) is 4.50. The molecule has 0 heterocycles. The molecule has 0 bridgehead atoms. The molecule has 0 amide bonds. The lowest BCUT2D eigenvalue weighted by molar-refractivity contribution is 0.447. The van der Waals surface area contributed by atoms with E-state index in [0.717, 1.165) is 31.4 Å². The molecule has 2 unspecified atom stereocenters. The number of fused-ring (bicyclic) bond motifs is 1. The van der Waals surface area contributed by atoms with Crippen molar-refractivity contribution in [2.24, 2.45) is 0 Å². The zero-order valence-corrected chi connectivity index (χ0v) is 16.7. The molecule has 0 radical (unpaired) electrons. The zero-order chi connectivity index (χ0) is 19.4. The van der Waals surface area contributed by atoms with Crippen LogP contribution in [0.15, 0.2) is 47.4 Å². The molecule has 6 heteroatoms. The number of halogens is 1. The number of hydrogen-bond donors (Lipinski definition) is 2. The summed E-state index contributed by atoms with van der Waals surface area (Å²) in [6.07, 6.45) is 3.00. The summed E-state index contributed by atoms with van der Waals surface area (Å²) in [4.78, 5) is 0.181. The normalized spacial score (nSPS) is 17.5. The van der Waals surface area contributed by atoms with Gasteiger partial charge in [-0.2, -0.15) is 0 Å². The van der Waals surface area contributed by atoms with Gasteiger partial charge in [0.15, 0.2) is 0 Å². The third kappa shape index (κ3) is 4.68. The van der Waals surface area contributed by atoms with Crippen LogP contribution in [0.4, 0.5) is 10.1 Å². The van der Waals surface area contributed by atoms with Crippen molar-refractivity contribution in [2.45, 2.75) is 50.0 Å². The van der Waals surface area contributed by atoms with E-state index in [1.807, 2.05) is 18.2 Å². The van der Waals surface area contributed by atoms with Crippen molar-refractivity contribution in [1.82, 2.24) is 5.32 Å². The molecule has 2 N–H and O–H groups in total. The Balaban J connectivity index is 1.72. The minimum atomic E-state index is -3.67. The maximum atomic E-state index is 12.8. The first-order chi connectivity index (χ1) is 12.9. The van der Waals surface area contributed by atoms with Crippen molar-refractivity contribution in [3.8, 4) is 0 Å². The van der Waals surface area contributed by atoms with Gasteiger partial charge in [-0.05, 0) is 66.8 Å². The molecule has 2 aromatic rings. The number of alkyl halides is 1. The van der Waals surface area contributed by atoms with Crippen molar-refractivity contribution in [2.75, 3.05) is 17.9 Å². The Labute approximate surface area is 161 Å². The van der Waals surface area contributed by atoms with E-state index in [0.29, 0.717) is 11.7 Å². The second-order valence-electron chi connectivity index (χ2n) is 7.27. The summed E-state index contributed by atoms with van der Waals surface area (Å²) < 4.78 is 40.7. The molecule has 146 valence electrons. The Morgan fingerprint density at radius 2 is 1.81 bits per heavy atom. The van der Waals surface area contributed by atoms with Crippen LogP contribution in [0.1, 0.15) is 42.9 Å². The maximum Gasteiger partial charge on any atom is 0.261 e. The first-order valence-corrected chi connectivity index (χ1v) is 10.9. The topological polar surface area (TPSA) is 58.2 Å². The predicted molar refractivity (Wildman–Crippen MR) is 108 cm³/mol. The van der Waals surface area contributed by atoms with E-state index in [-0.39, 0.29) is 10.8 Å². The van der Waals surface area contributed by atoms with Gasteiger partial charge in [0.2, 0.25) is 0 Å². The summed E-state index contributed by atoms with van der Waals surface area (Å²) >= 11 is 0. The molecule has 4 nitrogen and oxygen atoms in total. The molecule has 0 spiro atoms. The maximum absolute atomic E-state index is 12.8. The molecule has 0 aliphatic heterocycles. The lowest BCUT2D eigenvalue weighted by atomic mass is 10.0. The molecule has 1 aliphatic rings. The standard InChI is InChI=1S/C21H27FN2O2S/c1-3-10-23-20-11-17-4-7-19(12-18(17)13-20)24-27(25,26)21-8-5-16(6-9-21)15(2)14-22/h4-9,12,15,20,23-24H,3,10-11,13-14H2,1-2H3. The van der Waals surface area contributed by atoms with E-state index in [2.05, 4.69) is 17.0 Å². The number of anilines is 1. The van der Waals surface area contributed by atoms with Gasteiger partial charge in [0.1, 0.15) is 0 Å². The number of rotatable bonds is 8. The second-order valence-corrected chi connectivity index (χ2v) is 8.96. The highest BCUT2D eigenvalue weighted by Gasteiger charge is 2.22. The molecule has 2 atom stereocenters. The summed E-state index contributed by atoms with van der Waals surface area (Å²) in [6.45, 7) is 4.45. The molecule has 0 saturated carbocycles. The van der Waals surface area contributed by atoms with Crippen LogP contribution in [-0.4, -0.2) is 27.7 Å². The third-order valence-corrected chi connectivity index (χ3v) is 6.46. The average molecular weight is 391 g/mol. The van der Waals surface area contributed by atoms with Gasteiger partial charge in [-0.15, -0.1) is 0 Å². The van der Waals surface area contributed by atoms with Crippen LogP contribution in [0.2, 0.25) is 0 Å². The van der Waals surface area contributed by atoms with Crippen molar-refractivity contribution >= 4 is 15.7 Å². The van der Waals surface area contributed by atoms with Gasteiger partial charge in [-0.25, -0.2) is 8.42 Å². The fraction of sp³-hybridized carbons (Fsp3) is 0.429. The Bertz CT molecular complexity index is 882. The summed E-state index contributed by atoms with van der Waals surface area (Å²) in [5.41, 5.74) is 3.83. The lowest BCUT2D eigenvalue weighted by Crippen LogP contribution is -2.29. The van der Waals surface area contributed by atoms with Crippen LogP contribution < -0.4 is 10.0 Å². The van der Waals surface area contributed by atoms with Crippen LogP contribution >= 0.6 is 0 Å². The number of benzene rings is 2. The van der Waals surface area contributed by atoms with Crippen molar-refractivity contribution in [3.63, 3.8) is 0 Å². The van der Waals surface area contributed by atoms with E-state index in [4.69, 9.17) is 0 Å². The van der Waals surface area contributed by atoms with Crippen LogP contribution in [0.3, 0.4) is 0 Å². The molecule has 27 heavy (non-hydrogen) atoms. The van der Waals surface area contributed by atoms with E-state index in [9.17, 15) is 12.8 Å².